The van der Waals surface area contributed by atoms with Crippen molar-refractivity contribution in [2.45, 2.75) is 25.0 Å². The molecule has 0 aliphatic carbocycles. The van der Waals surface area contributed by atoms with Crippen LogP contribution >= 0.6 is 0 Å². The Hall–Kier alpha value is -1.14. The first-order valence-electron chi connectivity index (χ1n) is 5.56. The third-order valence-electron chi connectivity index (χ3n) is 3.02. The molecule has 2 atom stereocenters. The summed E-state index contributed by atoms with van der Waals surface area (Å²) in [6, 6.07) is -0.668. The lowest BCUT2D eigenvalue weighted by Crippen LogP contribution is -2.52. The summed E-state index contributed by atoms with van der Waals surface area (Å²) in [5, 5.41) is 12.0. The van der Waals surface area contributed by atoms with Gasteiger partial charge in [-0.2, -0.15) is 0 Å². The van der Waals surface area contributed by atoms with Gasteiger partial charge in [-0.1, -0.05) is 0 Å². The van der Waals surface area contributed by atoms with E-state index in [1.54, 1.807) is 0 Å². The molecule has 2 unspecified atom stereocenters. The molecule has 0 spiro atoms. The molecule has 0 aromatic heterocycles. The highest BCUT2D eigenvalue weighted by atomic mass is 16.5. The third kappa shape index (κ3) is 2.17. The summed E-state index contributed by atoms with van der Waals surface area (Å²) in [5.74, 6) is -1.12. The molecule has 2 aliphatic rings. The van der Waals surface area contributed by atoms with E-state index in [0.29, 0.717) is 26.1 Å². The molecule has 6 heteroatoms. The average Bonchev–Trinajstić information content (AvgIpc) is 2.78. The second-order valence-corrected chi connectivity index (χ2v) is 4.09. The van der Waals surface area contributed by atoms with E-state index in [9.17, 15) is 9.59 Å². The second kappa shape index (κ2) is 4.80. The van der Waals surface area contributed by atoms with Gasteiger partial charge >= 0.3 is 5.97 Å². The van der Waals surface area contributed by atoms with Crippen LogP contribution in [0.4, 0.5) is 0 Å². The Morgan fingerprint density at radius 1 is 1.44 bits per heavy atom. The van der Waals surface area contributed by atoms with Gasteiger partial charge in [-0.15, -0.1) is 0 Å². The monoisotopic (exact) mass is 228 g/mol. The van der Waals surface area contributed by atoms with Crippen LogP contribution in [-0.4, -0.2) is 60.3 Å². The number of likely N-dealkylation sites (tertiary alicyclic amines) is 1. The van der Waals surface area contributed by atoms with Crippen molar-refractivity contribution >= 4 is 11.9 Å². The molecule has 2 aliphatic heterocycles. The first-order chi connectivity index (χ1) is 7.70. The number of carbonyl (C=O) groups is 2. The first kappa shape index (κ1) is 11.3. The largest absolute Gasteiger partial charge is 0.480 e. The van der Waals surface area contributed by atoms with Crippen molar-refractivity contribution in [3.05, 3.63) is 0 Å². The molecular weight excluding hydrogens is 212 g/mol. The fourth-order valence-electron chi connectivity index (χ4n) is 2.20. The van der Waals surface area contributed by atoms with Crippen LogP contribution in [0.15, 0.2) is 0 Å². The summed E-state index contributed by atoms with van der Waals surface area (Å²) < 4.78 is 5.33. The predicted octanol–water partition coefficient (Wildman–Crippen LogP) is -0.950. The van der Waals surface area contributed by atoms with Gasteiger partial charge in [0.05, 0.1) is 6.61 Å². The maximum absolute atomic E-state index is 12.0. The predicted molar refractivity (Wildman–Crippen MR) is 55.0 cm³/mol. The second-order valence-electron chi connectivity index (χ2n) is 4.09. The molecule has 2 heterocycles. The zero-order valence-corrected chi connectivity index (χ0v) is 9.02. The topological polar surface area (TPSA) is 78.9 Å². The van der Waals surface area contributed by atoms with Crippen LogP contribution in [-0.2, 0) is 14.3 Å². The lowest BCUT2D eigenvalue weighted by molar-refractivity contribution is -0.154. The average molecular weight is 228 g/mol. The van der Waals surface area contributed by atoms with Gasteiger partial charge in [0, 0.05) is 19.6 Å². The summed E-state index contributed by atoms with van der Waals surface area (Å²) in [5.41, 5.74) is 0. The van der Waals surface area contributed by atoms with Gasteiger partial charge in [0.25, 0.3) is 5.91 Å². The van der Waals surface area contributed by atoms with Crippen molar-refractivity contribution in [3.8, 4) is 0 Å². The number of hydrogen-bond donors (Lipinski definition) is 2. The highest BCUT2D eigenvalue weighted by molar-refractivity contribution is 5.87. The maximum Gasteiger partial charge on any atom is 0.326 e. The summed E-state index contributed by atoms with van der Waals surface area (Å²) >= 11 is 0. The van der Waals surface area contributed by atoms with Crippen LogP contribution in [0, 0.1) is 0 Å². The number of rotatable bonds is 2. The lowest BCUT2D eigenvalue weighted by Gasteiger charge is -2.29. The van der Waals surface area contributed by atoms with Gasteiger partial charge in [0.1, 0.15) is 12.1 Å². The fraction of sp³-hybridized carbons (Fsp3) is 0.800. The fourth-order valence-corrected chi connectivity index (χ4v) is 2.20. The minimum Gasteiger partial charge on any atom is -0.480 e. The summed E-state index contributed by atoms with van der Waals surface area (Å²) in [7, 11) is 0. The maximum atomic E-state index is 12.0. The zero-order valence-electron chi connectivity index (χ0n) is 9.02. The van der Waals surface area contributed by atoms with Crippen LogP contribution in [0.1, 0.15) is 12.8 Å². The Morgan fingerprint density at radius 3 is 2.88 bits per heavy atom. The van der Waals surface area contributed by atoms with Crippen molar-refractivity contribution < 1.29 is 19.4 Å². The van der Waals surface area contributed by atoms with E-state index in [0.717, 1.165) is 13.0 Å². The van der Waals surface area contributed by atoms with Crippen molar-refractivity contribution in [1.29, 1.82) is 0 Å². The number of nitrogens with zero attached hydrogens (tertiary/aromatic N) is 1. The number of amides is 1. The minimum absolute atomic E-state index is 0.197. The van der Waals surface area contributed by atoms with Crippen LogP contribution < -0.4 is 5.32 Å². The van der Waals surface area contributed by atoms with Crippen LogP contribution in [0.2, 0.25) is 0 Å². The molecule has 1 amide bonds. The van der Waals surface area contributed by atoms with E-state index in [1.807, 2.05) is 0 Å². The van der Waals surface area contributed by atoms with E-state index in [4.69, 9.17) is 9.84 Å². The standard InChI is InChI=1S/C10H16N2O4/c13-9(8-6-11-3-5-16-8)12-4-1-2-7(12)10(14)15/h7-8,11H,1-6H2,(H,14,15). The summed E-state index contributed by atoms with van der Waals surface area (Å²) in [4.78, 5) is 24.4. The summed E-state index contributed by atoms with van der Waals surface area (Å²) in [6.07, 6.45) is 0.776. The zero-order chi connectivity index (χ0) is 11.5. The van der Waals surface area contributed by atoms with Crippen LogP contribution in [0.5, 0.6) is 0 Å². The van der Waals surface area contributed by atoms with E-state index in [2.05, 4.69) is 5.32 Å². The van der Waals surface area contributed by atoms with E-state index < -0.39 is 18.1 Å². The number of carboxylic acids is 1. The number of morpholine rings is 1. The molecule has 90 valence electrons. The lowest BCUT2D eigenvalue weighted by atomic mass is 10.2. The molecule has 2 N–H and O–H groups in total. The molecular formula is C10H16N2O4. The van der Waals surface area contributed by atoms with Gasteiger partial charge in [0.2, 0.25) is 0 Å². The van der Waals surface area contributed by atoms with Gasteiger partial charge < -0.3 is 20.1 Å². The molecule has 2 rings (SSSR count). The Bertz CT molecular complexity index is 289. The number of hydrogen-bond acceptors (Lipinski definition) is 4. The molecule has 0 aromatic rings. The van der Waals surface area contributed by atoms with E-state index >= 15 is 0 Å². The molecule has 0 bridgehead atoms. The van der Waals surface area contributed by atoms with Crippen LogP contribution in [0.3, 0.4) is 0 Å². The third-order valence-corrected chi connectivity index (χ3v) is 3.02. The molecule has 0 aromatic carbocycles. The van der Waals surface area contributed by atoms with Gasteiger partial charge in [0.15, 0.2) is 0 Å². The quantitative estimate of drug-likeness (QED) is 0.637. The molecule has 2 saturated heterocycles. The van der Waals surface area contributed by atoms with Crippen molar-refractivity contribution in [1.82, 2.24) is 10.2 Å². The Labute approximate surface area is 93.6 Å². The van der Waals surface area contributed by atoms with Crippen molar-refractivity contribution in [3.63, 3.8) is 0 Å². The Kier molecular flexibility index (Phi) is 3.40. The number of carboxylic acid groups (broad SMARTS) is 1. The molecule has 0 saturated carbocycles. The summed E-state index contributed by atoms with van der Waals surface area (Å²) in [6.45, 7) is 2.24. The molecule has 6 nitrogen and oxygen atoms in total. The highest BCUT2D eigenvalue weighted by Crippen LogP contribution is 2.19. The molecule has 0 radical (unpaired) electrons. The van der Waals surface area contributed by atoms with E-state index in [1.165, 1.54) is 4.90 Å². The number of aliphatic carboxylic acids is 1. The van der Waals surface area contributed by atoms with Crippen molar-refractivity contribution in [2.24, 2.45) is 0 Å². The van der Waals surface area contributed by atoms with Gasteiger partial charge in [-0.05, 0) is 12.8 Å². The van der Waals surface area contributed by atoms with Gasteiger partial charge in [-0.25, -0.2) is 4.79 Å². The highest BCUT2D eigenvalue weighted by Gasteiger charge is 2.37. The number of ether oxygens (including phenoxy) is 1. The number of carbonyl (C=O) groups excluding carboxylic acids is 1. The number of nitrogens with one attached hydrogen (secondary N) is 1. The first-order valence-corrected chi connectivity index (χ1v) is 5.56. The van der Waals surface area contributed by atoms with Crippen LogP contribution in [0.25, 0.3) is 0 Å². The molecule has 16 heavy (non-hydrogen) atoms. The Balaban J connectivity index is 1.99. The van der Waals surface area contributed by atoms with Crippen molar-refractivity contribution in [2.75, 3.05) is 26.2 Å². The SMILES string of the molecule is O=C(O)C1CCCN1C(=O)C1CNCCO1. The van der Waals surface area contributed by atoms with E-state index in [-0.39, 0.29) is 5.91 Å². The minimum atomic E-state index is -0.922. The smallest absolute Gasteiger partial charge is 0.326 e. The van der Waals surface area contributed by atoms with Gasteiger partial charge in [-0.3, -0.25) is 4.79 Å². The molecule has 2 fully saturated rings. The normalized spacial score (nSPS) is 30.4. The Morgan fingerprint density at radius 2 is 2.25 bits per heavy atom.